The van der Waals surface area contributed by atoms with Crippen LogP contribution in [0.3, 0.4) is 0 Å². The van der Waals surface area contributed by atoms with Crippen molar-refractivity contribution in [1.29, 1.82) is 0 Å². The lowest BCUT2D eigenvalue weighted by Gasteiger charge is -2.13. The maximum absolute atomic E-state index is 6.59. The fourth-order valence-corrected chi connectivity index (χ4v) is 7.17. The predicted molar refractivity (Wildman–Crippen MR) is 190 cm³/mol. The lowest BCUT2D eigenvalue weighted by molar-refractivity contribution is 0.673. The Morgan fingerprint density at radius 3 is 1.91 bits per heavy atom. The van der Waals surface area contributed by atoms with E-state index in [0.29, 0.717) is 5.95 Å². The largest absolute Gasteiger partial charge is 0.455 e. The average molecular weight is 588 g/mol. The molecule has 10 aromatic rings. The molecule has 0 aliphatic carbocycles. The monoisotopic (exact) mass is 587 g/mol. The van der Waals surface area contributed by atoms with Gasteiger partial charge in [-0.1, -0.05) is 127 Å². The molecule has 7 aromatic carbocycles. The number of para-hydroxylation sites is 2. The summed E-state index contributed by atoms with van der Waals surface area (Å²) in [6, 6.07) is 52.9. The van der Waals surface area contributed by atoms with E-state index >= 15 is 0 Å². The van der Waals surface area contributed by atoms with E-state index in [-0.39, 0.29) is 0 Å². The molecule has 0 atom stereocenters. The number of hydrogen-bond acceptors (Lipinski definition) is 3. The summed E-state index contributed by atoms with van der Waals surface area (Å²) in [4.78, 5) is 10.7. The zero-order chi connectivity index (χ0) is 30.2. The van der Waals surface area contributed by atoms with Crippen LogP contribution in [-0.4, -0.2) is 14.5 Å². The summed E-state index contributed by atoms with van der Waals surface area (Å²) in [5.41, 5.74) is 9.06. The van der Waals surface area contributed by atoms with E-state index in [0.717, 1.165) is 87.8 Å². The Morgan fingerprint density at radius 1 is 0.457 bits per heavy atom. The van der Waals surface area contributed by atoms with Gasteiger partial charge in [-0.05, 0) is 35.4 Å². The summed E-state index contributed by atoms with van der Waals surface area (Å²) in [6.07, 6.45) is 0. The van der Waals surface area contributed by atoms with Gasteiger partial charge < -0.3 is 4.42 Å². The summed E-state index contributed by atoms with van der Waals surface area (Å²) < 4.78 is 8.85. The first-order valence-electron chi connectivity index (χ1n) is 15.5. The SMILES string of the molecule is c1ccc(-c2ccc3c(-c4ccccc4)nc(-n4c5ccccc5c5c6c7ccccc7oc6c6ccccc6c54)nc3c2)cc1. The van der Waals surface area contributed by atoms with Crippen molar-refractivity contribution in [3.63, 3.8) is 0 Å². The second-order valence-electron chi connectivity index (χ2n) is 11.8. The van der Waals surface area contributed by atoms with Crippen LogP contribution in [0.2, 0.25) is 0 Å². The lowest BCUT2D eigenvalue weighted by atomic mass is 9.99. The smallest absolute Gasteiger partial charge is 0.235 e. The fourth-order valence-electron chi connectivity index (χ4n) is 7.17. The lowest BCUT2D eigenvalue weighted by Crippen LogP contribution is -2.04. The van der Waals surface area contributed by atoms with Crippen LogP contribution in [0.4, 0.5) is 0 Å². The van der Waals surface area contributed by atoms with Crippen molar-refractivity contribution >= 4 is 65.4 Å². The van der Waals surface area contributed by atoms with E-state index in [4.69, 9.17) is 14.4 Å². The number of hydrogen-bond donors (Lipinski definition) is 0. The average Bonchev–Trinajstić information content (AvgIpc) is 3.68. The van der Waals surface area contributed by atoms with Crippen LogP contribution in [0, 0.1) is 0 Å². The van der Waals surface area contributed by atoms with Gasteiger partial charge in [-0.15, -0.1) is 0 Å². The molecule has 0 spiro atoms. The Balaban J connectivity index is 1.40. The number of rotatable bonds is 3. The predicted octanol–water partition coefficient (Wildman–Crippen LogP) is 11.1. The zero-order valence-corrected chi connectivity index (χ0v) is 24.7. The van der Waals surface area contributed by atoms with E-state index in [9.17, 15) is 0 Å². The van der Waals surface area contributed by atoms with Gasteiger partial charge in [0.25, 0.3) is 0 Å². The van der Waals surface area contributed by atoms with Gasteiger partial charge in [0, 0.05) is 43.3 Å². The van der Waals surface area contributed by atoms with Crippen LogP contribution in [-0.2, 0) is 0 Å². The van der Waals surface area contributed by atoms with Crippen molar-refractivity contribution in [1.82, 2.24) is 14.5 Å². The third-order valence-electron chi connectivity index (χ3n) is 9.19. The zero-order valence-electron chi connectivity index (χ0n) is 24.7. The molecule has 4 heteroatoms. The van der Waals surface area contributed by atoms with Crippen LogP contribution in [0.5, 0.6) is 0 Å². The molecule has 0 saturated carbocycles. The highest BCUT2D eigenvalue weighted by Gasteiger charge is 2.24. The van der Waals surface area contributed by atoms with Crippen LogP contribution < -0.4 is 0 Å². The van der Waals surface area contributed by atoms with E-state index in [2.05, 4.69) is 138 Å². The highest BCUT2D eigenvalue weighted by molar-refractivity contribution is 6.35. The highest BCUT2D eigenvalue weighted by Crippen LogP contribution is 2.46. The minimum Gasteiger partial charge on any atom is -0.455 e. The van der Waals surface area contributed by atoms with E-state index in [1.165, 1.54) is 0 Å². The van der Waals surface area contributed by atoms with Gasteiger partial charge in [-0.2, -0.15) is 0 Å². The second kappa shape index (κ2) is 9.62. The Morgan fingerprint density at radius 2 is 1.11 bits per heavy atom. The van der Waals surface area contributed by atoms with E-state index in [1.807, 2.05) is 18.2 Å². The Labute approximate surface area is 263 Å². The molecule has 0 bridgehead atoms. The molecule has 4 nitrogen and oxygen atoms in total. The molecule has 0 radical (unpaired) electrons. The van der Waals surface area contributed by atoms with Crippen LogP contribution in [0.25, 0.3) is 93.8 Å². The summed E-state index contributed by atoms with van der Waals surface area (Å²) in [6.45, 7) is 0. The normalized spacial score (nSPS) is 11.9. The quantitative estimate of drug-likeness (QED) is 0.207. The van der Waals surface area contributed by atoms with Crippen molar-refractivity contribution in [3.8, 4) is 28.3 Å². The summed E-state index contributed by atoms with van der Waals surface area (Å²) in [5.74, 6) is 0.639. The standard InChI is InChI=1S/C42H25N3O/c1-3-13-26(14-4-1)28-23-24-31-34(25-28)43-42(44-39(31)27-15-5-2-6-16-27)45-35-21-11-9-19-32(35)37-38-33-20-10-12-22-36(33)46-41(38)30-18-8-7-17-29(30)40(37)45/h1-25H. The van der Waals surface area contributed by atoms with Crippen molar-refractivity contribution in [2.75, 3.05) is 0 Å². The molecule has 10 rings (SSSR count). The maximum atomic E-state index is 6.59. The molecule has 0 aliphatic heterocycles. The topological polar surface area (TPSA) is 43.9 Å². The van der Waals surface area contributed by atoms with Crippen LogP contribution in [0.1, 0.15) is 0 Å². The van der Waals surface area contributed by atoms with Crippen molar-refractivity contribution in [2.24, 2.45) is 0 Å². The molecule has 46 heavy (non-hydrogen) atoms. The molecule has 3 heterocycles. The first-order valence-corrected chi connectivity index (χ1v) is 15.5. The van der Waals surface area contributed by atoms with Gasteiger partial charge in [0.05, 0.1) is 22.2 Å². The Hall–Kier alpha value is -6.26. The van der Waals surface area contributed by atoms with E-state index in [1.54, 1.807) is 0 Å². The van der Waals surface area contributed by atoms with Crippen molar-refractivity contribution < 1.29 is 4.42 Å². The van der Waals surface area contributed by atoms with Gasteiger partial charge in [0.1, 0.15) is 11.2 Å². The maximum Gasteiger partial charge on any atom is 0.235 e. The molecule has 0 amide bonds. The molecule has 0 aliphatic rings. The molecule has 0 N–H and O–H groups in total. The molecule has 0 unspecified atom stereocenters. The summed E-state index contributed by atoms with van der Waals surface area (Å²) >= 11 is 0. The van der Waals surface area contributed by atoms with Gasteiger partial charge in [-0.25, -0.2) is 9.97 Å². The number of nitrogens with zero attached hydrogens (tertiary/aromatic N) is 3. The second-order valence-corrected chi connectivity index (χ2v) is 11.8. The van der Waals surface area contributed by atoms with Gasteiger partial charge in [0.15, 0.2) is 0 Å². The molecular formula is C42H25N3O. The van der Waals surface area contributed by atoms with Gasteiger partial charge >= 0.3 is 0 Å². The number of furan rings is 1. The number of fused-ring (bicyclic) bond motifs is 11. The Kier molecular flexibility index (Phi) is 5.25. The third kappa shape index (κ3) is 3.55. The minimum atomic E-state index is 0.639. The van der Waals surface area contributed by atoms with Crippen LogP contribution >= 0.6 is 0 Å². The van der Waals surface area contributed by atoms with Gasteiger partial charge in [-0.3, -0.25) is 4.57 Å². The molecule has 0 saturated heterocycles. The number of benzene rings is 7. The summed E-state index contributed by atoms with van der Waals surface area (Å²) in [7, 11) is 0. The highest BCUT2D eigenvalue weighted by atomic mass is 16.3. The van der Waals surface area contributed by atoms with Crippen LogP contribution in [0.15, 0.2) is 156 Å². The summed E-state index contributed by atoms with van der Waals surface area (Å²) in [5, 5.41) is 7.70. The van der Waals surface area contributed by atoms with Gasteiger partial charge in [0.2, 0.25) is 5.95 Å². The molecule has 0 fully saturated rings. The van der Waals surface area contributed by atoms with Crippen molar-refractivity contribution in [3.05, 3.63) is 152 Å². The fraction of sp³-hybridized carbons (Fsp3) is 0. The molecular weight excluding hydrogens is 562 g/mol. The minimum absolute atomic E-state index is 0.639. The van der Waals surface area contributed by atoms with E-state index < -0.39 is 0 Å². The third-order valence-corrected chi connectivity index (χ3v) is 9.19. The first kappa shape index (κ1) is 25.1. The number of aromatic nitrogens is 3. The molecule has 3 aromatic heterocycles. The van der Waals surface area contributed by atoms with Crippen molar-refractivity contribution in [2.45, 2.75) is 0 Å². The Bertz CT molecular complexity index is 2790. The molecule has 214 valence electrons. The first-order chi connectivity index (χ1) is 22.8.